The van der Waals surface area contributed by atoms with E-state index in [2.05, 4.69) is 27.9 Å². The van der Waals surface area contributed by atoms with Crippen molar-refractivity contribution in [3.8, 4) is 0 Å². The number of aromatic nitrogens is 1. The number of anilines is 1. The molecule has 27 heavy (non-hydrogen) atoms. The molecule has 3 aliphatic carbocycles. The highest BCUT2D eigenvalue weighted by atomic mass is 16.5. The molecular formula is C20H28N4O3. The molecule has 1 spiro atoms. The van der Waals surface area contributed by atoms with E-state index in [1.165, 1.54) is 0 Å². The van der Waals surface area contributed by atoms with Crippen LogP contribution in [0.25, 0.3) is 0 Å². The fourth-order valence-corrected chi connectivity index (χ4v) is 5.27. The van der Waals surface area contributed by atoms with Gasteiger partial charge in [0.25, 0.3) is 5.91 Å². The summed E-state index contributed by atoms with van der Waals surface area (Å²) in [6, 6.07) is 3.56. The molecule has 3 saturated carbocycles. The molecule has 146 valence electrons. The molecule has 4 atom stereocenters. The molecule has 0 unspecified atom stereocenters. The zero-order valence-electron chi connectivity index (χ0n) is 16.0. The van der Waals surface area contributed by atoms with Crippen molar-refractivity contribution in [2.75, 3.05) is 25.6 Å². The van der Waals surface area contributed by atoms with Gasteiger partial charge in [-0.3, -0.25) is 9.59 Å². The first-order valence-electron chi connectivity index (χ1n) is 9.80. The molecule has 2 amide bonds. The zero-order chi connectivity index (χ0) is 19.1. The number of amides is 2. The van der Waals surface area contributed by atoms with Crippen LogP contribution < -0.4 is 16.0 Å². The van der Waals surface area contributed by atoms with E-state index >= 15 is 0 Å². The van der Waals surface area contributed by atoms with E-state index in [4.69, 9.17) is 4.74 Å². The van der Waals surface area contributed by atoms with E-state index in [9.17, 15) is 9.59 Å². The van der Waals surface area contributed by atoms with Crippen LogP contribution in [0.4, 0.5) is 5.82 Å². The Morgan fingerprint density at radius 1 is 1.44 bits per heavy atom. The van der Waals surface area contributed by atoms with Gasteiger partial charge in [0.1, 0.15) is 11.5 Å². The highest BCUT2D eigenvalue weighted by Crippen LogP contribution is 2.58. The van der Waals surface area contributed by atoms with Crippen LogP contribution in [0.15, 0.2) is 18.3 Å². The predicted molar refractivity (Wildman–Crippen MR) is 101 cm³/mol. The van der Waals surface area contributed by atoms with E-state index in [-0.39, 0.29) is 29.1 Å². The number of hydrogen-bond acceptors (Lipinski definition) is 5. The minimum Gasteiger partial charge on any atom is -0.385 e. The minimum atomic E-state index is -0.502. The first-order chi connectivity index (χ1) is 13.0. The summed E-state index contributed by atoms with van der Waals surface area (Å²) in [4.78, 5) is 29.9. The predicted octanol–water partition coefficient (Wildman–Crippen LogP) is 1.91. The number of ether oxygens (including phenoxy) is 1. The average Bonchev–Trinajstić information content (AvgIpc) is 2.64. The van der Waals surface area contributed by atoms with Crippen molar-refractivity contribution < 1.29 is 14.3 Å². The summed E-state index contributed by atoms with van der Waals surface area (Å²) in [5, 5.41) is 9.83. The minimum absolute atomic E-state index is 0.0201. The van der Waals surface area contributed by atoms with Gasteiger partial charge in [-0.05, 0) is 49.7 Å². The summed E-state index contributed by atoms with van der Waals surface area (Å²) in [6.07, 6.45) is 6.04. The molecular weight excluding hydrogens is 344 g/mol. The molecule has 0 radical (unpaired) electrons. The molecule has 2 bridgehead atoms. The fraction of sp³-hybridized carbons (Fsp3) is 0.650. The van der Waals surface area contributed by atoms with Gasteiger partial charge in [0.05, 0.1) is 5.56 Å². The molecule has 0 aromatic carbocycles. The third kappa shape index (κ3) is 3.08. The van der Waals surface area contributed by atoms with E-state index < -0.39 is 5.66 Å². The number of methoxy groups -OCH3 is 1. The molecule has 5 rings (SSSR count). The molecule has 3 fully saturated rings. The third-order valence-corrected chi connectivity index (χ3v) is 6.68. The van der Waals surface area contributed by atoms with Crippen molar-refractivity contribution in [2.24, 2.45) is 17.3 Å². The Morgan fingerprint density at radius 3 is 3.07 bits per heavy atom. The molecule has 2 heterocycles. The highest BCUT2D eigenvalue weighted by Gasteiger charge is 2.60. The number of hydrogen-bond donors (Lipinski definition) is 3. The number of carbonyl (C=O) groups is 2. The van der Waals surface area contributed by atoms with E-state index in [0.717, 1.165) is 32.1 Å². The molecule has 1 aliphatic heterocycles. The number of nitrogens with zero attached hydrogens (tertiary/aromatic N) is 1. The second kappa shape index (κ2) is 6.78. The lowest BCUT2D eigenvalue weighted by molar-refractivity contribution is -0.139. The molecule has 7 heteroatoms. The molecule has 1 aromatic heterocycles. The normalized spacial score (nSPS) is 33.9. The molecule has 3 N–H and O–H groups in total. The smallest absolute Gasteiger partial charge is 0.256 e. The van der Waals surface area contributed by atoms with Gasteiger partial charge in [0.2, 0.25) is 5.91 Å². The molecule has 1 aromatic rings. The van der Waals surface area contributed by atoms with Crippen molar-refractivity contribution in [3.05, 3.63) is 23.9 Å². The lowest BCUT2D eigenvalue weighted by atomic mass is 9.51. The summed E-state index contributed by atoms with van der Waals surface area (Å²) >= 11 is 0. The maximum Gasteiger partial charge on any atom is 0.256 e. The van der Waals surface area contributed by atoms with Gasteiger partial charge in [0.15, 0.2) is 0 Å². The monoisotopic (exact) mass is 372 g/mol. The van der Waals surface area contributed by atoms with E-state index in [0.29, 0.717) is 24.5 Å². The number of rotatable bonds is 5. The lowest BCUT2D eigenvalue weighted by Crippen LogP contribution is -2.70. The van der Waals surface area contributed by atoms with Crippen molar-refractivity contribution in [3.63, 3.8) is 0 Å². The number of fused-ring (bicyclic) bond motifs is 3. The van der Waals surface area contributed by atoms with Crippen LogP contribution in [0.3, 0.4) is 0 Å². The Hall–Kier alpha value is -2.15. The van der Waals surface area contributed by atoms with Crippen molar-refractivity contribution >= 4 is 17.6 Å². The molecule has 7 nitrogen and oxygen atoms in total. The Bertz CT molecular complexity index is 754. The Kier molecular flexibility index (Phi) is 4.58. The van der Waals surface area contributed by atoms with Gasteiger partial charge in [0, 0.05) is 38.3 Å². The van der Waals surface area contributed by atoms with Crippen molar-refractivity contribution in [2.45, 2.75) is 44.7 Å². The standard InChI is InChI=1S/C20H28N4O3/c1-19-7-6-13(11-15(19)18(26)22-9-4-10-27-2)20(12-19)23-16-14(17(25)24-20)5-3-8-21-16/h3,5,8,13,15H,4,6-7,9-12H2,1-2H3,(H,21,23)(H,22,26)(H,24,25)/t13-,15+,19+,20-/m0/s1. The summed E-state index contributed by atoms with van der Waals surface area (Å²) in [5.41, 5.74) is -0.0626. The summed E-state index contributed by atoms with van der Waals surface area (Å²) < 4.78 is 5.05. The maximum atomic E-state index is 12.8. The van der Waals surface area contributed by atoms with E-state index in [1.54, 1.807) is 25.4 Å². The van der Waals surface area contributed by atoms with Gasteiger partial charge in [-0.2, -0.15) is 0 Å². The van der Waals surface area contributed by atoms with Gasteiger partial charge >= 0.3 is 0 Å². The first-order valence-corrected chi connectivity index (χ1v) is 9.80. The van der Waals surface area contributed by atoms with Crippen LogP contribution >= 0.6 is 0 Å². The van der Waals surface area contributed by atoms with E-state index in [1.807, 2.05) is 0 Å². The largest absolute Gasteiger partial charge is 0.385 e. The van der Waals surface area contributed by atoms with Gasteiger partial charge < -0.3 is 20.7 Å². The Labute approximate surface area is 159 Å². The first kappa shape index (κ1) is 18.2. The highest BCUT2D eigenvalue weighted by molar-refractivity contribution is 6.01. The van der Waals surface area contributed by atoms with Gasteiger partial charge in [-0.25, -0.2) is 4.98 Å². The summed E-state index contributed by atoms with van der Waals surface area (Å²) in [5.74, 6) is 0.904. The van der Waals surface area contributed by atoms with Crippen LogP contribution in [0.2, 0.25) is 0 Å². The molecule has 4 aliphatic rings. The topological polar surface area (TPSA) is 92.4 Å². The van der Waals surface area contributed by atoms with Crippen LogP contribution in [0.5, 0.6) is 0 Å². The van der Waals surface area contributed by atoms with Crippen LogP contribution in [-0.4, -0.2) is 42.7 Å². The SMILES string of the molecule is COCCCNC(=O)[C@H]1C[C@@H]2CC[C@]1(C)C[C@]21NC(=O)c2cccnc2N1. The Balaban J connectivity index is 1.51. The third-order valence-electron chi connectivity index (χ3n) is 6.68. The summed E-state index contributed by atoms with van der Waals surface area (Å²) in [7, 11) is 1.67. The lowest BCUT2D eigenvalue weighted by Gasteiger charge is -2.60. The zero-order valence-corrected chi connectivity index (χ0v) is 16.0. The maximum absolute atomic E-state index is 12.8. The van der Waals surface area contributed by atoms with Crippen LogP contribution in [0, 0.1) is 17.3 Å². The van der Waals surface area contributed by atoms with Crippen LogP contribution in [-0.2, 0) is 9.53 Å². The van der Waals surface area contributed by atoms with Crippen molar-refractivity contribution in [1.82, 2.24) is 15.6 Å². The Morgan fingerprint density at radius 2 is 2.30 bits per heavy atom. The number of carbonyl (C=O) groups excluding carboxylic acids is 2. The molecule has 0 saturated heterocycles. The number of nitrogens with one attached hydrogen (secondary N) is 3. The van der Waals surface area contributed by atoms with Crippen LogP contribution in [0.1, 0.15) is 49.4 Å². The van der Waals surface area contributed by atoms with Gasteiger partial charge in [-0.1, -0.05) is 6.92 Å². The second-order valence-corrected chi connectivity index (χ2v) is 8.44. The average molecular weight is 372 g/mol. The second-order valence-electron chi connectivity index (χ2n) is 8.44. The number of pyridine rings is 1. The fourth-order valence-electron chi connectivity index (χ4n) is 5.27. The van der Waals surface area contributed by atoms with Gasteiger partial charge in [-0.15, -0.1) is 0 Å². The quantitative estimate of drug-likeness (QED) is 0.687. The summed E-state index contributed by atoms with van der Waals surface area (Å²) in [6.45, 7) is 3.48. The van der Waals surface area contributed by atoms with Crippen molar-refractivity contribution in [1.29, 1.82) is 0 Å².